The van der Waals surface area contributed by atoms with E-state index in [1.165, 1.54) is 19.4 Å². The Morgan fingerprint density at radius 2 is 1.89 bits per heavy atom. The summed E-state index contributed by atoms with van der Waals surface area (Å²) in [5.41, 5.74) is 2.14. The molecule has 1 N–H and O–H groups in total. The smallest absolute Gasteiger partial charge is 0.282 e. The van der Waals surface area contributed by atoms with Gasteiger partial charge in [0.15, 0.2) is 0 Å². The number of rotatable bonds is 8. The second-order valence-electron chi connectivity index (χ2n) is 8.46. The molecule has 9 nitrogen and oxygen atoms in total. The summed E-state index contributed by atoms with van der Waals surface area (Å²) in [6.45, 7) is 1.20. The maximum Gasteiger partial charge on any atom is 0.282 e. The molecule has 0 atom stereocenters. The summed E-state index contributed by atoms with van der Waals surface area (Å²) in [4.78, 5) is 42.4. The largest absolute Gasteiger partial charge is 0.480 e. The first kappa shape index (κ1) is 26.4. The summed E-state index contributed by atoms with van der Waals surface area (Å²) in [6.07, 6.45) is 3.06. The van der Waals surface area contributed by atoms with E-state index in [4.69, 9.17) is 16.3 Å². The van der Waals surface area contributed by atoms with Gasteiger partial charge in [-0.25, -0.2) is 4.98 Å². The lowest BCUT2D eigenvalue weighted by Crippen LogP contribution is -2.38. The molecule has 1 aromatic heterocycles. The Morgan fingerprint density at radius 1 is 1.19 bits per heavy atom. The zero-order valence-corrected chi connectivity index (χ0v) is 21.6. The summed E-state index contributed by atoms with van der Waals surface area (Å²) < 4.78 is 5.22. The molecular weight excluding hydrogens is 516 g/mol. The van der Waals surface area contributed by atoms with Gasteiger partial charge in [-0.3, -0.25) is 19.7 Å². The van der Waals surface area contributed by atoms with E-state index in [1.807, 2.05) is 24.3 Å². The number of halogens is 1. The molecule has 0 unspecified atom stereocenters. The van der Waals surface area contributed by atoms with Gasteiger partial charge in [0.05, 0.1) is 27.7 Å². The van der Waals surface area contributed by atoms with Crippen molar-refractivity contribution in [3.05, 3.63) is 87.1 Å². The second-order valence-corrected chi connectivity index (χ2v) is 9.91. The van der Waals surface area contributed by atoms with Crippen molar-refractivity contribution < 1.29 is 19.2 Å². The molecule has 1 aliphatic rings. The predicted molar refractivity (Wildman–Crippen MR) is 143 cm³/mol. The minimum Gasteiger partial charge on any atom is -0.480 e. The number of hydrogen-bond acceptors (Lipinski definition) is 7. The van der Waals surface area contributed by atoms with Gasteiger partial charge in [-0.2, -0.15) is 0 Å². The van der Waals surface area contributed by atoms with Crippen LogP contribution in [0.5, 0.6) is 5.88 Å². The van der Waals surface area contributed by atoms with Gasteiger partial charge in [0.25, 0.3) is 11.6 Å². The van der Waals surface area contributed by atoms with E-state index in [2.05, 4.69) is 10.3 Å². The Morgan fingerprint density at radius 3 is 2.57 bits per heavy atom. The van der Waals surface area contributed by atoms with E-state index >= 15 is 0 Å². The van der Waals surface area contributed by atoms with Crippen LogP contribution in [0.1, 0.15) is 34.7 Å². The number of nitro benzene ring substituents is 1. The fourth-order valence-corrected chi connectivity index (χ4v) is 5.22. The number of nitrogens with one attached hydrogen (secondary N) is 1. The highest BCUT2D eigenvalue weighted by molar-refractivity contribution is 8.00. The van der Waals surface area contributed by atoms with Crippen molar-refractivity contribution >= 4 is 46.6 Å². The minimum atomic E-state index is -0.454. The highest BCUT2D eigenvalue weighted by atomic mass is 35.5. The molecule has 3 aromatic rings. The lowest BCUT2D eigenvalue weighted by molar-refractivity contribution is -0.387. The summed E-state index contributed by atoms with van der Waals surface area (Å²) in [7, 11) is 1.47. The Labute approximate surface area is 223 Å². The van der Waals surface area contributed by atoms with Gasteiger partial charge in [0.1, 0.15) is 5.56 Å². The Bertz CT molecular complexity index is 1300. The number of methoxy groups -OCH3 is 1. The van der Waals surface area contributed by atoms with Crippen LogP contribution in [0.3, 0.4) is 0 Å². The lowest BCUT2D eigenvalue weighted by Gasteiger charge is -2.32. The van der Waals surface area contributed by atoms with E-state index in [0.717, 1.165) is 30.2 Å². The molecule has 0 aliphatic carbocycles. The number of hydrogen-bond donors (Lipinski definition) is 1. The van der Waals surface area contributed by atoms with Gasteiger partial charge >= 0.3 is 0 Å². The number of carbonyl (C=O) groups is 2. The number of ether oxygens (including phenoxy) is 1. The number of likely N-dealkylation sites (tertiary alicyclic amines) is 1. The standard InChI is InChI=1S/C26H25ClN4O5S/c1-36-25-21(14-19(27)15-28-25)26(33)30-12-10-18(11-13-30)17-6-8-20(9-7-17)29-24(32)16-37-23-5-3-2-4-22(23)31(34)35/h2-9,14-15,18H,10-13,16H2,1H3,(H,29,32). The zero-order chi connectivity index (χ0) is 26.4. The van der Waals surface area contributed by atoms with Crippen LogP contribution in [0.2, 0.25) is 5.02 Å². The molecule has 1 saturated heterocycles. The molecule has 4 rings (SSSR count). The summed E-state index contributed by atoms with van der Waals surface area (Å²) in [6, 6.07) is 15.6. The molecule has 0 bridgehead atoms. The number of amides is 2. The normalized spacial score (nSPS) is 13.7. The molecule has 192 valence electrons. The number of nitrogens with zero attached hydrogens (tertiary/aromatic N) is 3. The van der Waals surface area contributed by atoms with Crippen molar-refractivity contribution in [1.29, 1.82) is 0 Å². The number of aromatic nitrogens is 1. The van der Waals surface area contributed by atoms with Crippen LogP contribution < -0.4 is 10.1 Å². The molecule has 11 heteroatoms. The first-order valence-electron chi connectivity index (χ1n) is 11.6. The van der Waals surface area contributed by atoms with Gasteiger partial charge in [-0.05, 0) is 48.6 Å². The van der Waals surface area contributed by atoms with Crippen molar-refractivity contribution in [2.75, 3.05) is 31.3 Å². The van der Waals surface area contributed by atoms with Crippen molar-refractivity contribution in [3.63, 3.8) is 0 Å². The van der Waals surface area contributed by atoms with E-state index < -0.39 is 4.92 Å². The lowest BCUT2D eigenvalue weighted by atomic mass is 9.89. The van der Waals surface area contributed by atoms with Gasteiger partial charge in [-0.15, -0.1) is 11.8 Å². The van der Waals surface area contributed by atoms with Crippen LogP contribution in [0.4, 0.5) is 11.4 Å². The highest BCUT2D eigenvalue weighted by Crippen LogP contribution is 2.31. The predicted octanol–water partition coefficient (Wildman–Crippen LogP) is 5.40. The fourth-order valence-electron chi connectivity index (χ4n) is 4.24. The third-order valence-corrected chi connectivity index (χ3v) is 7.38. The summed E-state index contributed by atoms with van der Waals surface area (Å²) >= 11 is 7.15. The summed E-state index contributed by atoms with van der Waals surface area (Å²) in [5.74, 6) is 0.221. The molecule has 0 saturated carbocycles. The van der Waals surface area contributed by atoms with E-state index in [0.29, 0.717) is 40.2 Å². The van der Waals surface area contributed by atoms with E-state index in [1.54, 1.807) is 29.2 Å². The number of anilines is 1. The number of thioether (sulfide) groups is 1. The SMILES string of the molecule is COc1ncc(Cl)cc1C(=O)N1CCC(c2ccc(NC(=O)CSc3ccccc3[N+](=O)[O-])cc2)CC1. The van der Waals surface area contributed by atoms with Crippen molar-refractivity contribution in [3.8, 4) is 5.88 Å². The maximum atomic E-state index is 13.0. The first-order chi connectivity index (χ1) is 17.9. The second kappa shape index (κ2) is 12.1. The maximum absolute atomic E-state index is 13.0. The van der Waals surface area contributed by atoms with Crippen LogP contribution in [0, 0.1) is 10.1 Å². The Hall–Kier alpha value is -3.63. The topological polar surface area (TPSA) is 115 Å². The molecule has 2 heterocycles. The van der Waals surface area contributed by atoms with Crippen molar-refractivity contribution in [2.24, 2.45) is 0 Å². The average molecular weight is 541 g/mol. The third-order valence-electron chi connectivity index (χ3n) is 6.11. The van der Waals surface area contributed by atoms with Crippen molar-refractivity contribution in [2.45, 2.75) is 23.7 Å². The molecule has 1 aliphatic heterocycles. The molecular formula is C26H25ClN4O5S. The third kappa shape index (κ3) is 6.58. The van der Waals surface area contributed by atoms with Gasteiger partial charge in [0.2, 0.25) is 11.8 Å². The van der Waals surface area contributed by atoms with Crippen molar-refractivity contribution in [1.82, 2.24) is 9.88 Å². The monoisotopic (exact) mass is 540 g/mol. The van der Waals surface area contributed by atoms with Gasteiger partial charge in [0, 0.05) is 31.0 Å². The molecule has 2 amide bonds. The average Bonchev–Trinajstić information content (AvgIpc) is 2.92. The molecule has 0 radical (unpaired) electrons. The Balaban J connectivity index is 1.29. The van der Waals surface area contributed by atoms with Crippen LogP contribution in [0.15, 0.2) is 65.7 Å². The van der Waals surface area contributed by atoms with Crippen LogP contribution in [0.25, 0.3) is 0 Å². The van der Waals surface area contributed by atoms with Gasteiger partial charge in [-0.1, -0.05) is 35.9 Å². The molecule has 2 aromatic carbocycles. The number of carbonyl (C=O) groups excluding carboxylic acids is 2. The van der Waals surface area contributed by atoms with Crippen LogP contribution in [-0.2, 0) is 4.79 Å². The highest BCUT2D eigenvalue weighted by Gasteiger charge is 2.27. The van der Waals surface area contributed by atoms with Gasteiger partial charge < -0.3 is 15.0 Å². The Kier molecular flexibility index (Phi) is 8.62. The van der Waals surface area contributed by atoms with E-state index in [9.17, 15) is 19.7 Å². The zero-order valence-electron chi connectivity index (χ0n) is 20.1. The minimum absolute atomic E-state index is 0.0132. The fraction of sp³-hybridized carbons (Fsp3) is 0.269. The molecule has 1 fully saturated rings. The first-order valence-corrected chi connectivity index (χ1v) is 13.0. The number of nitro groups is 1. The number of para-hydroxylation sites is 1. The van der Waals surface area contributed by atoms with Crippen LogP contribution >= 0.6 is 23.4 Å². The number of benzene rings is 2. The quantitative estimate of drug-likeness (QED) is 0.231. The molecule has 0 spiro atoms. The van der Waals surface area contributed by atoms with E-state index in [-0.39, 0.29) is 29.1 Å². The summed E-state index contributed by atoms with van der Waals surface area (Å²) in [5, 5.41) is 14.4. The number of piperidine rings is 1. The van der Waals surface area contributed by atoms with Crippen LogP contribution in [-0.4, -0.2) is 52.6 Å². The number of pyridine rings is 1. The molecule has 37 heavy (non-hydrogen) atoms.